The molecule has 0 unspecified atom stereocenters. The number of rotatable bonds is 4. The quantitative estimate of drug-likeness (QED) is 0.210. The highest BCUT2D eigenvalue weighted by Gasteiger charge is 2.23. The van der Waals surface area contributed by atoms with E-state index in [1.54, 1.807) is 36.4 Å². The third-order valence-electron chi connectivity index (χ3n) is 8.17. The minimum Gasteiger partial charge on any atom is -0.309 e. The highest BCUT2D eigenvalue weighted by molar-refractivity contribution is 6.19. The second kappa shape index (κ2) is 11.1. The highest BCUT2D eigenvalue weighted by atomic mass is 15.0. The number of fused-ring (bicyclic) bond motifs is 3. The molecule has 0 aliphatic heterocycles. The molecule has 0 spiro atoms. The minimum atomic E-state index is 0.401. The van der Waals surface area contributed by atoms with E-state index < -0.39 is 0 Å². The van der Waals surface area contributed by atoms with Crippen LogP contribution in [0.1, 0.15) is 22.3 Å². The van der Waals surface area contributed by atoms with Gasteiger partial charge in [-0.3, -0.25) is 0 Å². The van der Waals surface area contributed by atoms with Gasteiger partial charge in [-0.15, -0.1) is 0 Å². The third kappa shape index (κ3) is 4.29. The summed E-state index contributed by atoms with van der Waals surface area (Å²) in [6, 6.07) is 49.7. The number of hydrogen-bond donors (Lipinski definition) is 0. The molecule has 5 nitrogen and oxygen atoms in total. The summed E-state index contributed by atoms with van der Waals surface area (Å²) in [7, 11) is 0. The van der Waals surface area contributed by atoms with Crippen LogP contribution in [0.3, 0.4) is 0 Å². The van der Waals surface area contributed by atoms with E-state index in [0.29, 0.717) is 33.4 Å². The normalized spacial score (nSPS) is 10.6. The van der Waals surface area contributed by atoms with Gasteiger partial charge < -0.3 is 4.57 Å². The van der Waals surface area contributed by atoms with E-state index in [9.17, 15) is 21.0 Å². The molecule has 6 aromatic carbocycles. The molecular weight excluding hydrogens is 550 g/mol. The van der Waals surface area contributed by atoms with Crippen molar-refractivity contribution in [3.63, 3.8) is 0 Å². The summed E-state index contributed by atoms with van der Waals surface area (Å²) in [4.78, 5) is 0. The molecule has 0 fully saturated rings. The molecule has 0 saturated heterocycles. The zero-order valence-corrected chi connectivity index (χ0v) is 23.9. The lowest BCUT2D eigenvalue weighted by Gasteiger charge is -2.14. The summed E-state index contributed by atoms with van der Waals surface area (Å²) >= 11 is 0. The Kier molecular flexibility index (Phi) is 6.62. The zero-order valence-electron chi connectivity index (χ0n) is 23.9. The van der Waals surface area contributed by atoms with E-state index in [1.165, 1.54) is 0 Å². The number of para-hydroxylation sites is 1. The van der Waals surface area contributed by atoms with Crippen molar-refractivity contribution in [2.45, 2.75) is 0 Å². The number of nitrogens with zero attached hydrogens (tertiary/aromatic N) is 5. The topological polar surface area (TPSA) is 100 Å². The van der Waals surface area contributed by atoms with E-state index in [4.69, 9.17) is 0 Å². The Hall–Kier alpha value is -6.92. The molecular formula is C40H21N5. The van der Waals surface area contributed by atoms with Gasteiger partial charge in [0.25, 0.3) is 0 Å². The summed E-state index contributed by atoms with van der Waals surface area (Å²) in [5, 5.41) is 42.2. The van der Waals surface area contributed by atoms with Gasteiger partial charge in [-0.2, -0.15) is 21.0 Å². The molecule has 0 saturated carbocycles. The summed E-state index contributed by atoms with van der Waals surface area (Å²) in [6.45, 7) is 0. The number of nitriles is 4. The first kappa shape index (κ1) is 26.9. The van der Waals surface area contributed by atoms with Crippen molar-refractivity contribution in [1.29, 1.82) is 21.0 Å². The Morgan fingerprint density at radius 1 is 0.444 bits per heavy atom. The number of aromatic nitrogens is 1. The van der Waals surface area contributed by atoms with Crippen molar-refractivity contribution < 1.29 is 0 Å². The molecule has 0 bridgehead atoms. The lowest BCUT2D eigenvalue weighted by atomic mass is 9.90. The van der Waals surface area contributed by atoms with Crippen LogP contribution in [0.25, 0.3) is 60.9 Å². The van der Waals surface area contributed by atoms with Gasteiger partial charge in [0.05, 0.1) is 57.6 Å². The number of benzene rings is 6. The Morgan fingerprint density at radius 2 is 0.956 bits per heavy atom. The average molecular weight is 572 g/mol. The lowest BCUT2D eigenvalue weighted by molar-refractivity contribution is 1.18. The maximum absolute atomic E-state index is 10.1. The van der Waals surface area contributed by atoms with E-state index in [0.717, 1.165) is 49.7 Å². The van der Waals surface area contributed by atoms with Gasteiger partial charge in [-0.25, -0.2) is 0 Å². The van der Waals surface area contributed by atoms with Gasteiger partial charge in [0.1, 0.15) is 0 Å². The van der Waals surface area contributed by atoms with Crippen LogP contribution < -0.4 is 0 Å². The molecule has 5 heteroatoms. The van der Waals surface area contributed by atoms with Crippen molar-refractivity contribution in [2.75, 3.05) is 0 Å². The average Bonchev–Trinajstić information content (AvgIpc) is 3.46. The van der Waals surface area contributed by atoms with Gasteiger partial charge >= 0.3 is 0 Å². The Labute approximate surface area is 259 Å². The van der Waals surface area contributed by atoms with E-state index in [-0.39, 0.29) is 0 Å². The van der Waals surface area contributed by atoms with Gasteiger partial charge in [0, 0.05) is 33.2 Å². The molecule has 0 atom stereocenters. The van der Waals surface area contributed by atoms with Crippen LogP contribution in [0.5, 0.6) is 0 Å². The maximum atomic E-state index is 10.1. The largest absolute Gasteiger partial charge is 0.309 e. The van der Waals surface area contributed by atoms with Gasteiger partial charge in [-0.05, 0) is 59.2 Å². The summed E-state index contributed by atoms with van der Waals surface area (Å²) in [6.07, 6.45) is 0. The molecule has 0 aliphatic carbocycles. The first-order valence-electron chi connectivity index (χ1n) is 14.3. The van der Waals surface area contributed by atoms with Crippen molar-refractivity contribution in [3.8, 4) is 63.3 Å². The maximum Gasteiger partial charge on any atom is 0.0998 e. The monoisotopic (exact) mass is 571 g/mol. The first-order chi connectivity index (χ1) is 22.2. The predicted octanol–water partition coefficient (Wildman–Crippen LogP) is 9.27. The van der Waals surface area contributed by atoms with E-state index >= 15 is 0 Å². The number of hydrogen-bond acceptors (Lipinski definition) is 4. The van der Waals surface area contributed by atoms with Crippen LogP contribution >= 0.6 is 0 Å². The minimum absolute atomic E-state index is 0.401. The summed E-state index contributed by atoms with van der Waals surface area (Å²) in [5.74, 6) is 0. The van der Waals surface area contributed by atoms with Crippen LogP contribution in [0.2, 0.25) is 0 Å². The van der Waals surface area contributed by atoms with E-state index in [1.807, 2.05) is 66.7 Å². The fourth-order valence-corrected chi connectivity index (χ4v) is 6.31. The van der Waals surface area contributed by atoms with Crippen LogP contribution in [0.15, 0.2) is 127 Å². The SMILES string of the molecule is N#Cc1cccc(C#N)c1-c1cccc2c1c1cccc(-c3c(C#N)cccc3C#N)c1n2-c1cccc(-c2ccccc2)c1. The fraction of sp³-hybridized carbons (Fsp3) is 0. The third-order valence-corrected chi connectivity index (χ3v) is 8.17. The van der Waals surface area contributed by atoms with Gasteiger partial charge in [-0.1, -0.05) is 84.9 Å². The Balaban J connectivity index is 1.68. The molecule has 0 aliphatic rings. The van der Waals surface area contributed by atoms with E-state index in [2.05, 4.69) is 53.1 Å². The van der Waals surface area contributed by atoms with Crippen LogP contribution in [0, 0.1) is 45.3 Å². The summed E-state index contributed by atoms with van der Waals surface area (Å²) in [5.41, 5.74) is 8.94. The molecule has 7 aromatic rings. The second-order valence-electron chi connectivity index (χ2n) is 10.6. The standard InChI is InChI=1S/C40H21N5/c41-22-28-12-4-13-29(23-42)37(28)33-17-8-20-36-39(33)35-19-7-18-34(38-30(24-43)14-5-15-31(38)25-44)40(35)45(36)32-16-6-11-27(21-32)26-9-2-1-3-10-26/h1-21H. The van der Waals surface area contributed by atoms with Crippen LogP contribution in [0.4, 0.5) is 0 Å². The molecule has 1 heterocycles. The second-order valence-corrected chi connectivity index (χ2v) is 10.6. The smallest absolute Gasteiger partial charge is 0.0998 e. The molecule has 1 aromatic heterocycles. The van der Waals surface area contributed by atoms with Crippen molar-refractivity contribution in [2.24, 2.45) is 0 Å². The lowest BCUT2D eigenvalue weighted by Crippen LogP contribution is -1.98. The Morgan fingerprint density at radius 3 is 1.58 bits per heavy atom. The fourth-order valence-electron chi connectivity index (χ4n) is 6.31. The molecule has 0 N–H and O–H groups in total. The van der Waals surface area contributed by atoms with Crippen molar-refractivity contribution >= 4 is 21.8 Å². The summed E-state index contributed by atoms with van der Waals surface area (Å²) < 4.78 is 2.16. The molecule has 7 rings (SSSR count). The molecule has 206 valence electrons. The molecule has 0 amide bonds. The Bertz CT molecular complexity index is 2410. The van der Waals surface area contributed by atoms with Gasteiger partial charge in [0.15, 0.2) is 0 Å². The molecule has 45 heavy (non-hydrogen) atoms. The van der Waals surface area contributed by atoms with Gasteiger partial charge in [0.2, 0.25) is 0 Å². The zero-order chi connectivity index (χ0) is 30.9. The van der Waals surface area contributed by atoms with Crippen LogP contribution in [-0.4, -0.2) is 4.57 Å². The predicted molar refractivity (Wildman–Crippen MR) is 176 cm³/mol. The first-order valence-corrected chi connectivity index (χ1v) is 14.3. The van der Waals surface area contributed by atoms with Crippen molar-refractivity contribution in [1.82, 2.24) is 4.57 Å². The molecule has 0 radical (unpaired) electrons. The van der Waals surface area contributed by atoms with Crippen molar-refractivity contribution in [3.05, 3.63) is 150 Å². The van der Waals surface area contributed by atoms with Crippen LogP contribution in [-0.2, 0) is 0 Å². The highest BCUT2D eigenvalue weighted by Crippen LogP contribution is 2.44.